The lowest BCUT2D eigenvalue weighted by Crippen LogP contribution is -2.41. The summed E-state index contributed by atoms with van der Waals surface area (Å²) in [6.45, 7) is 1.85. The fourth-order valence-corrected chi connectivity index (χ4v) is 3.14. The predicted octanol–water partition coefficient (Wildman–Crippen LogP) is 3.79. The van der Waals surface area contributed by atoms with Crippen LogP contribution in [-0.2, 0) is 9.59 Å². The van der Waals surface area contributed by atoms with Crippen LogP contribution in [0.25, 0.3) is 0 Å². The maximum Gasteiger partial charge on any atom is 0.247 e. The lowest BCUT2D eigenvalue weighted by molar-refractivity contribution is -0.120. The Morgan fingerprint density at radius 1 is 1.28 bits per heavy atom. The van der Waals surface area contributed by atoms with Gasteiger partial charge in [-0.3, -0.25) is 14.5 Å². The molecule has 2 aromatic rings. The van der Waals surface area contributed by atoms with Gasteiger partial charge in [-0.05, 0) is 37.1 Å². The van der Waals surface area contributed by atoms with E-state index in [1.807, 2.05) is 37.3 Å². The van der Waals surface area contributed by atoms with Gasteiger partial charge < -0.3 is 10.1 Å². The number of carbonyl (C=O) groups excluding carboxylic acids is 2. The van der Waals surface area contributed by atoms with Gasteiger partial charge in [-0.15, -0.1) is 0 Å². The van der Waals surface area contributed by atoms with Crippen molar-refractivity contribution in [3.8, 4) is 5.75 Å². The number of halogens is 1. The summed E-state index contributed by atoms with van der Waals surface area (Å²) in [6, 6.07) is 12.1. The zero-order valence-electron chi connectivity index (χ0n) is 14.1. The average Bonchev–Trinajstić information content (AvgIpc) is 3.00. The normalized spacial score (nSPS) is 16.8. The summed E-state index contributed by atoms with van der Waals surface area (Å²) in [6.07, 6.45) is 0.832. The molecule has 3 rings (SSSR count). The number of hydrogen-bond acceptors (Lipinski definition) is 3. The Labute approximate surface area is 151 Å². The molecule has 1 atom stereocenters. The van der Waals surface area contributed by atoms with E-state index >= 15 is 0 Å². The van der Waals surface area contributed by atoms with Crippen molar-refractivity contribution in [2.24, 2.45) is 0 Å². The number of carbonyl (C=O) groups is 2. The Bertz CT molecular complexity index is 808. The molecular formula is C19H19ClN2O3. The molecule has 130 valence electrons. The monoisotopic (exact) mass is 358 g/mol. The molecule has 6 heteroatoms. The first kappa shape index (κ1) is 17.3. The predicted molar refractivity (Wildman–Crippen MR) is 98.3 cm³/mol. The topological polar surface area (TPSA) is 58.6 Å². The van der Waals surface area contributed by atoms with Gasteiger partial charge in [-0.1, -0.05) is 29.8 Å². The van der Waals surface area contributed by atoms with Crippen LogP contribution in [0.15, 0.2) is 42.5 Å². The van der Waals surface area contributed by atoms with E-state index in [9.17, 15) is 9.59 Å². The number of hydrogen-bond donors (Lipinski definition) is 1. The third-order valence-corrected chi connectivity index (χ3v) is 4.69. The number of ether oxygens (including phenoxy) is 1. The standard InChI is InChI=1S/C19H19ClN2O3/c1-12-10-15(17(25-2)11-14(12)20)21-19(24)16-8-9-18(23)22(16)13-6-4-3-5-7-13/h3-7,10-11,16H,8-9H2,1-2H3,(H,21,24). The second-order valence-electron chi connectivity index (χ2n) is 5.94. The van der Waals surface area contributed by atoms with Gasteiger partial charge >= 0.3 is 0 Å². The molecule has 1 aliphatic heterocycles. The van der Waals surface area contributed by atoms with Crippen molar-refractivity contribution in [1.82, 2.24) is 0 Å². The van der Waals surface area contributed by atoms with Crippen LogP contribution in [-0.4, -0.2) is 25.0 Å². The Kier molecular flexibility index (Phi) is 4.95. The Hall–Kier alpha value is -2.53. The molecule has 0 aliphatic carbocycles. The van der Waals surface area contributed by atoms with Crippen molar-refractivity contribution in [3.63, 3.8) is 0 Å². The zero-order chi connectivity index (χ0) is 18.0. The lowest BCUT2D eigenvalue weighted by atomic mass is 10.1. The number of nitrogens with one attached hydrogen (secondary N) is 1. The maximum absolute atomic E-state index is 12.8. The molecule has 1 saturated heterocycles. The van der Waals surface area contributed by atoms with E-state index in [2.05, 4.69) is 5.32 Å². The molecular weight excluding hydrogens is 340 g/mol. The van der Waals surface area contributed by atoms with Crippen LogP contribution in [0, 0.1) is 6.92 Å². The second-order valence-corrected chi connectivity index (χ2v) is 6.35. The van der Waals surface area contributed by atoms with E-state index < -0.39 is 6.04 Å². The van der Waals surface area contributed by atoms with Crippen molar-refractivity contribution in [1.29, 1.82) is 0 Å². The molecule has 0 radical (unpaired) electrons. The number of nitrogens with zero attached hydrogens (tertiary/aromatic N) is 1. The van der Waals surface area contributed by atoms with Crippen LogP contribution in [0.5, 0.6) is 5.75 Å². The van der Waals surface area contributed by atoms with E-state index in [4.69, 9.17) is 16.3 Å². The van der Waals surface area contributed by atoms with Gasteiger partial charge in [-0.25, -0.2) is 0 Å². The van der Waals surface area contributed by atoms with E-state index in [-0.39, 0.29) is 11.8 Å². The first-order chi connectivity index (χ1) is 12.0. The minimum absolute atomic E-state index is 0.0504. The van der Waals surface area contributed by atoms with E-state index in [1.165, 1.54) is 7.11 Å². The molecule has 0 spiro atoms. The average molecular weight is 359 g/mol. The minimum atomic E-state index is -0.546. The number of benzene rings is 2. The van der Waals surface area contributed by atoms with Crippen LogP contribution in [0.1, 0.15) is 18.4 Å². The fourth-order valence-electron chi connectivity index (χ4n) is 2.99. The first-order valence-corrected chi connectivity index (χ1v) is 8.41. The highest BCUT2D eigenvalue weighted by Gasteiger charge is 2.37. The van der Waals surface area contributed by atoms with E-state index in [0.717, 1.165) is 11.3 Å². The molecule has 1 fully saturated rings. The number of aryl methyl sites for hydroxylation is 1. The number of anilines is 2. The van der Waals surface area contributed by atoms with Gasteiger partial charge in [0.1, 0.15) is 11.8 Å². The van der Waals surface area contributed by atoms with Crippen LogP contribution in [0.4, 0.5) is 11.4 Å². The molecule has 1 unspecified atom stereocenters. The van der Waals surface area contributed by atoms with Crippen molar-refractivity contribution >= 4 is 34.8 Å². The summed E-state index contributed by atoms with van der Waals surface area (Å²) in [4.78, 5) is 26.6. The zero-order valence-corrected chi connectivity index (χ0v) is 14.8. The summed E-state index contributed by atoms with van der Waals surface area (Å²) in [5, 5.41) is 3.44. The highest BCUT2D eigenvalue weighted by Crippen LogP contribution is 2.32. The summed E-state index contributed by atoms with van der Waals surface area (Å²) >= 11 is 6.10. The van der Waals surface area contributed by atoms with Crippen molar-refractivity contribution in [3.05, 3.63) is 53.1 Å². The van der Waals surface area contributed by atoms with Crippen molar-refractivity contribution in [2.75, 3.05) is 17.3 Å². The number of amides is 2. The largest absolute Gasteiger partial charge is 0.495 e. The lowest BCUT2D eigenvalue weighted by Gasteiger charge is -2.24. The smallest absolute Gasteiger partial charge is 0.247 e. The highest BCUT2D eigenvalue weighted by molar-refractivity contribution is 6.31. The van der Waals surface area contributed by atoms with Gasteiger partial charge in [0.15, 0.2) is 0 Å². The summed E-state index contributed by atoms with van der Waals surface area (Å²) < 4.78 is 5.30. The van der Waals surface area contributed by atoms with Crippen LogP contribution in [0.2, 0.25) is 5.02 Å². The molecule has 0 aromatic heterocycles. The second kappa shape index (κ2) is 7.15. The van der Waals surface area contributed by atoms with Crippen molar-refractivity contribution in [2.45, 2.75) is 25.8 Å². The molecule has 2 aromatic carbocycles. The summed E-state index contributed by atoms with van der Waals surface area (Å²) in [5.41, 5.74) is 2.10. The third kappa shape index (κ3) is 3.46. The fraction of sp³-hybridized carbons (Fsp3) is 0.263. The number of rotatable bonds is 4. The quantitative estimate of drug-likeness (QED) is 0.904. The van der Waals surface area contributed by atoms with Gasteiger partial charge in [-0.2, -0.15) is 0 Å². The summed E-state index contributed by atoms with van der Waals surface area (Å²) in [5.74, 6) is 0.194. The van der Waals surface area contributed by atoms with Crippen LogP contribution >= 0.6 is 11.6 Å². The maximum atomic E-state index is 12.8. The molecule has 5 nitrogen and oxygen atoms in total. The molecule has 0 saturated carbocycles. The third-order valence-electron chi connectivity index (χ3n) is 4.29. The van der Waals surface area contributed by atoms with Crippen LogP contribution in [0.3, 0.4) is 0 Å². The summed E-state index contributed by atoms with van der Waals surface area (Å²) in [7, 11) is 1.52. The molecule has 2 amide bonds. The SMILES string of the molecule is COc1cc(Cl)c(C)cc1NC(=O)C1CCC(=O)N1c1ccccc1. The van der Waals surface area contributed by atoms with Crippen LogP contribution < -0.4 is 15.0 Å². The molecule has 1 N–H and O–H groups in total. The number of methoxy groups -OCH3 is 1. The highest BCUT2D eigenvalue weighted by atomic mass is 35.5. The molecule has 1 heterocycles. The van der Waals surface area contributed by atoms with Gasteiger partial charge in [0, 0.05) is 23.2 Å². The van der Waals surface area contributed by atoms with Gasteiger partial charge in [0.25, 0.3) is 0 Å². The first-order valence-electron chi connectivity index (χ1n) is 8.03. The van der Waals surface area contributed by atoms with E-state index in [1.54, 1.807) is 17.0 Å². The van der Waals surface area contributed by atoms with E-state index in [0.29, 0.717) is 29.3 Å². The van der Waals surface area contributed by atoms with Gasteiger partial charge in [0.05, 0.1) is 12.8 Å². The Morgan fingerprint density at radius 2 is 2.00 bits per heavy atom. The van der Waals surface area contributed by atoms with Gasteiger partial charge in [0.2, 0.25) is 11.8 Å². The molecule has 1 aliphatic rings. The molecule has 0 bridgehead atoms. The minimum Gasteiger partial charge on any atom is -0.495 e. The van der Waals surface area contributed by atoms with Crippen molar-refractivity contribution < 1.29 is 14.3 Å². The Morgan fingerprint density at radius 3 is 2.68 bits per heavy atom. The Balaban J connectivity index is 1.86. The number of para-hydroxylation sites is 1. The molecule has 25 heavy (non-hydrogen) atoms.